The molecule has 2 N–H and O–H groups in total. The lowest BCUT2D eigenvalue weighted by molar-refractivity contribution is -0.140. The maximum absolute atomic E-state index is 12.5. The quantitative estimate of drug-likeness (QED) is 0.477. The molecule has 10 nitrogen and oxygen atoms in total. The first-order valence-electron chi connectivity index (χ1n) is 10.0. The van der Waals surface area contributed by atoms with Gasteiger partial charge in [0.1, 0.15) is 0 Å². The Hall–Kier alpha value is -3.60. The molecule has 1 aromatic carbocycles. The van der Waals surface area contributed by atoms with E-state index in [0.717, 1.165) is 0 Å². The van der Waals surface area contributed by atoms with E-state index in [4.69, 9.17) is 0 Å². The molecule has 4 rings (SSSR count). The highest BCUT2D eigenvalue weighted by atomic mass is 32.2. The van der Waals surface area contributed by atoms with Crippen LogP contribution in [0.15, 0.2) is 59.8 Å². The molecule has 2 aliphatic rings. The van der Waals surface area contributed by atoms with Gasteiger partial charge in [0, 0.05) is 31.0 Å². The van der Waals surface area contributed by atoms with Gasteiger partial charge >= 0.3 is 0 Å². The molecule has 0 unspecified atom stereocenters. The van der Waals surface area contributed by atoms with Crippen molar-refractivity contribution >= 4 is 39.4 Å². The summed E-state index contributed by atoms with van der Waals surface area (Å²) in [5.74, 6) is -1.51. The molecule has 0 saturated carbocycles. The fourth-order valence-corrected chi connectivity index (χ4v) is 4.73. The first-order chi connectivity index (χ1) is 15.3. The van der Waals surface area contributed by atoms with Gasteiger partial charge in [-0.3, -0.25) is 19.3 Å². The Morgan fingerprint density at radius 3 is 2.19 bits per heavy atom. The molecule has 1 saturated heterocycles. The molecule has 0 radical (unpaired) electrons. The second kappa shape index (κ2) is 8.87. The number of sulfonamides is 1. The highest BCUT2D eigenvalue weighted by Gasteiger charge is 2.46. The van der Waals surface area contributed by atoms with Crippen LogP contribution in [0.3, 0.4) is 0 Å². The molecule has 2 aromatic rings. The molecule has 1 aliphatic carbocycles. The number of carbonyl (C=O) groups excluding carboxylic acids is 3. The van der Waals surface area contributed by atoms with Crippen LogP contribution < -0.4 is 10.0 Å². The Labute approximate surface area is 184 Å². The van der Waals surface area contributed by atoms with Gasteiger partial charge in [0.15, 0.2) is 0 Å². The number of likely N-dealkylation sites (tertiary alicyclic amines) is 1. The molecule has 11 heteroatoms. The molecule has 0 spiro atoms. The van der Waals surface area contributed by atoms with Crippen molar-refractivity contribution in [2.45, 2.75) is 24.2 Å². The predicted molar refractivity (Wildman–Crippen MR) is 115 cm³/mol. The van der Waals surface area contributed by atoms with E-state index in [2.05, 4.69) is 20.0 Å². The third kappa shape index (κ3) is 4.52. The number of benzene rings is 1. The number of anilines is 2. The van der Waals surface area contributed by atoms with Crippen LogP contribution in [-0.4, -0.2) is 47.6 Å². The largest absolute Gasteiger partial charge is 0.326 e. The summed E-state index contributed by atoms with van der Waals surface area (Å²) >= 11 is 0. The molecule has 1 aliphatic heterocycles. The molecule has 3 amide bonds. The van der Waals surface area contributed by atoms with E-state index in [1.807, 2.05) is 12.2 Å². The second-order valence-electron chi connectivity index (χ2n) is 7.48. The van der Waals surface area contributed by atoms with Gasteiger partial charge in [0.05, 0.1) is 16.7 Å². The number of aromatic nitrogens is 2. The van der Waals surface area contributed by atoms with Crippen molar-refractivity contribution in [1.29, 1.82) is 0 Å². The zero-order valence-corrected chi connectivity index (χ0v) is 17.8. The number of rotatable bonds is 7. The molecule has 1 aromatic heterocycles. The maximum Gasteiger partial charge on any atom is 0.264 e. The highest BCUT2D eigenvalue weighted by molar-refractivity contribution is 7.92. The third-order valence-electron chi connectivity index (χ3n) is 5.40. The normalized spacial score (nSPS) is 20.2. The van der Waals surface area contributed by atoms with Crippen LogP contribution in [-0.2, 0) is 24.4 Å². The van der Waals surface area contributed by atoms with E-state index in [1.165, 1.54) is 41.6 Å². The molecule has 2 heterocycles. The molecule has 166 valence electrons. The molecule has 2 atom stereocenters. The van der Waals surface area contributed by atoms with Crippen molar-refractivity contribution in [2.75, 3.05) is 16.6 Å². The SMILES string of the molecule is O=C(CCN1C(=O)[C@H]2CC=CC[C@H]2C1=O)Nc1ccc(S(=O)(=O)Nc2ncccn2)cc1. The van der Waals surface area contributed by atoms with Gasteiger partial charge in [-0.25, -0.2) is 23.1 Å². The van der Waals surface area contributed by atoms with Crippen LogP contribution in [0.1, 0.15) is 19.3 Å². The summed E-state index contributed by atoms with van der Waals surface area (Å²) in [5.41, 5.74) is 0.391. The minimum atomic E-state index is -3.88. The van der Waals surface area contributed by atoms with Crippen LogP contribution >= 0.6 is 0 Å². The Bertz CT molecular complexity index is 1140. The fourth-order valence-electron chi connectivity index (χ4n) is 3.77. The highest BCUT2D eigenvalue weighted by Crippen LogP contribution is 2.35. The average molecular weight is 455 g/mol. The van der Waals surface area contributed by atoms with Crippen molar-refractivity contribution in [2.24, 2.45) is 11.8 Å². The van der Waals surface area contributed by atoms with Gasteiger partial charge < -0.3 is 5.32 Å². The van der Waals surface area contributed by atoms with Crippen molar-refractivity contribution in [1.82, 2.24) is 14.9 Å². The zero-order chi connectivity index (χ0) is 22.7. The minimum absolute atomic E-state index is 0.0178. The Morgan fingerprint density at radius 2 is 1.59 bits per heavy atom. The van der Waals surface area contributed by atoms with Crippen molar-refractivity contribution < 1.29 is 22.8 Å². The lowest BCUT2D eigenvalue weighted by atomic mass is 9.85. The van der Waals surface area contributed by atoms with Crippen molar-refractivity contribution in [3.8, 4) is 0 Å². The second-order valence-corrected chi connectivity index (χ2v) is 9.17. The average Bonchev–Trinajstić information content (AvgIpc) is 3.03. The number of nitrogens with one attached hydrogen (secondary N) is 2. The van der Waals surface area contributed by atoms with Gasteiger partial charge in [0.2, 0.25) is 23.7 Å². The number of allylic oxidation sites excluding steroid dienone is 2. The van der Waals surface area contributed by atoms with Gasteiger partial charge in [0.25, 0.3) is 10.0 Å². The number of carbonyl (C=O) groups is 3. The monoisotopic (exact) mass is 455 g/mol. The number of nitrogens with zero attached hydrogens (tertiary/aromatic N) is 3. The van der Waals surface area contributed by atoms with E-state index in [9.17, 15) is 22.8 Å². The molecule has 0 bridgehead atoms. The number of hydrogen-bond donors (Lipinski definition) is 2. The van der Waals surface area contributed by atoms with Crippen LogP contribution in [0, 0.1) is 11.8 Å². The lowest BCUT2D eigenvalue weighted by Gasteiger charge is -2.14. The van der Waals surface area contributed by atoms with Crippen molar-refractivity contribution in [3.63, 3.8) is 0 Å². The van der Waals surface area contributed by atoms with Crippen molar-refractivity contribution in [3.05, 3.63) is 54.9 Å². The van der Waals surface area contributed by atoms with E-state index in [0.29, 0.717) is 18.5 Å². The third-order valence-corrected chi connectivity index (χ3v) is 6.75. The van der Waals surface area contributed by atoms with E-state index in [-0.39, 0.29) is 53.4 Å². The summed E-state index contributed by atoms with van der Waals surface area (Å²) in [6.45, 7) is 0.0178. The summed E-state index contributed by atoms with van der Waals surface area (Å²) in [6, 6.07) is 7.14. The van der Waals surface area contributed by atoms with Gasteiger partial charge in [-0.1, -0.05) is 12.2 Å². The van der Waals surface area contributed by atoms with E-state index >= 15 is 0 Å². The summed E-state index contributed by atoms with van der Waals surface area (Å²) < 4.78 is 27.1. The topological polar surface area (TPSA) is 138 Å². The van der Waals surface area contributed by atoms with Gasteiger partial charge in [-0.15, -0.1) is 0 Å². The lowest BCUT2D eigenvalue weighted by Crippen LogP contribution is -2.34. The summed E-state index contributed by atoms with van der Waals surface area (Å²) in [7, 11) is -3.88. The smallest absolute Gasteiger partial charge is 0.264 e. The van der Waals surface area contributed by atoms with E-state index < -0.39 is 10.0 Å². The molecular weight excluding hydrogens is 434 g/mol. The van der Waals surface area contributed by atoms with Crippen LogP contribution in [0.2, 0.25) is 0 Å². The summed E-state index contributed by atoms with van der Waals surface area (Å²) in [4.78, 5) is 46.0. The summed E-state index contributed by atoms with van der Waals surface area (Å²) in [5, 5.41) is 2.65. The predicted octanol–water partition coefficient (Wildman–Crippen LogP) is 1.56. The first kappa shape index (κ1) is 21.6. The van der Waals surface area contributed by atoms with Crippen LogP contribution in [0.5, 0.6) is 0 Å². The fraction of sp³-hybridized carbons (Fsp3) is 0.286. The molecule has 1 fully saturated rings. The Morgan fingerprint density at radius 1 is 1.00 bits per heavy atom. The molecular formula is C21H21N5O5S. The number of fused-ring (bicyclic) bond motifs is 1. The van der Waals surface area contributed by atoms with Crippen LogP contribution in [0.4, 0.5) is 11.6 Å². The first-order valence-corrected chi connectivity index (χ1v) is 11.5. The summed E-state index contributed by atoms with van der Waals surface area (Å²) in [6.07, 6.45) is 7.72. The molecule has 32 heavy (non-hydrogen) atoms. The maximum atomic E-state index is 12.5. The standard InChI is InChI=1S/C21H21N5O5S/c27-18(10-13-26-19(28)16-4-1-2-5-17(16)20(26)29)24-14-6-8-15(9-7-14)32(30,31)25-21-22-11-3-12-23-21/h1-3,6-9,11-12,16-17H,4-5,10,13H2,(H,24,27)(H,22,23,25)/t16-,17+. The number of amides is 3. The minimum Gasteiger partial charge on any atom is -0.326 e. The zero-order valence-electron chi connectivity index (χ0n) is 17.0. The van der Waals surface area contributed by atoms with Crippen LogP contribution in [0.25, 0.3) is 0 Å². The Balaban J connectivity index is 1.32. The van der Waals surface area contributed by atoms with E-state index in [1.54, 1.807) is 6.07 Å². The van der Waals surface area contributed by atoms with Gasteiger partial charge in [-0.05, 0) is 43.2 Å². The number of imide groups is 1. The van der Waals surface area contributed by atoms with Gasteiger partial charge in [-0.2, -0.15) is 0 Å². The Kier molecular flexibility index (Phi) is 5.99. The number of hydrogen-bond acceptors (Lipinski definition) is 7.